The maximum absolute atomic E-state index is 12.6. The maximum Gasteiger partial charge on any atom is 0.305 e. The lowest BCUT2D eigenvalue weighted by Gasteiger charge is -2.20. The van der Waals surface area contributed by atoms with Gasteiger partial charge in [0.15, 0.2) is 0 Å². The van der Waals surface area contributed by atoms with E-state index in [0.717, 1.165) is 38.5 Å². The quantitative estimate of drug-likeness (QED) is 0.0320. The topological polar surface area (TPSA) is 95.9 Å². The van der Waals surface area contributed by atoms with Gasteiger partial charge in [0.25, 0.3) is 0 Å². The van der Waals surface area contributed by atoms with Gasteiger partial charge in [-0.1, -0.05) is 398 Å². The molecule has 0 aromatic heterocycles. The predicted octanol–water partition coefficient (Wildman–Crippen LogP) is 25.7. The Morgan fingerprint density at radius 2 is 0.553 bits per heavy atom. The zero-order chi connectivity index (χ0) is 61.3. The number of ether oxygens (including phenoxy) is 1. The number of rotatable bonds is 74. The highest BCUT2D eigenvalue weighted by Gasteiger charge is 2.18. The summed E-state index contributed by atoms with van der Waals surface area (Å²) in [6.07, 6.45) is 95.7. The second kappa shape index (κ2) is 74.8. The van der Waals surface area contributed by atoms with Crippen molar-refractivity contribution < 1.29 is 24.5 Å². The lowest BCUT2D eigenvalue weighted by Crippen LogP contribution is -2.45. The Hall–Kier alpha value is -1.66. The van der Waals surface area contributed by atoms with Crippen LogP contribution in [0.5, 0.6) is 0 Å². The average Bonchev–Trinajstić information content (AvgIpc) is 3.51. The number of unbranched alkanes of at least 4 members (excludes halogenated alkanes) is 61. The van der Waals surface area contributed by atoms with Crippen LogP contribution < -0.4 is 5.32 Å². The molecule has 0 spiro atoms. The van der Waals surface area contributed by atoms with Gasteiger partial charge in [-0.15, -0.1) is 0 Å². The molecule has 504 valence electrons. The number of aliphatic hydroxyl groups is 2. The van der Waals surface area contributed by atoms with E-state index in [2.05, 4.69) is 31.3 Å². The zero-order valence-electron chi connectivity index (χ0n) is 57.9. The van der Waals surface area contributed by atoms with Crippen molar-refractivity contribution in [2.75, 3.05) is 13.2 Å². The molecule has 2 atom stereocenters. The third-order valence-corrected chi connectivity index (χ3v) is 18.5. The number of allylic oxidation sites excluding steroid dienone is 3. The first-order valence-corrected chi connectivity index (χ1v) is 39.1. The standard InChI is InChI=1S/C79H153NO5/c1-3-5-7-9-11-13-15-17-19-21-23-24-25-26-29-32-36-39-43-47-51-55-59-63-67-71-77(82)76(75-81)80-78(83)72-68-64-60-56-52-48-44-40-37-33-30-27-28-31-34-38-42-46-50-54-58-62-66-70-74-85-79(84)73-69-65-61-57-53-49-45-41-35-22-20-18-16-14-12-10-8-6-4-2/h18,20,67,71,76-77,81-82H,3-17,19,21-66,68-70,72-75H2,1-2H3,(H,80,83)/b20-18-,71-67+. The Balaban J connectivity index is 3.38. The summed E-state index contributed by atoms with van der Waals surface area (Å²) in [6, 6.07) is -0.629. The largest absolute Gasteiger partial charge is 0.466 e. The van der Waals surface area contributed by atoms with Gasteiger partial charge in [-0.05, 0) is 57.8 Å². The maximum atomic E-state index is 12.6. The minimum absolute atomic E-state index is 0.0158. The van der Waals surface area contributed by atoms with E-state index in [1.807, 2.05) is 6.08 Å². The van der Waals surface area contributed by atoms with Gasteiger partial charge < -0.3 is 20.3 Å². The van der Waals surface area contributed by atoms with E-state index in [-0.39, 0.29) is 18.5 Å². The van der Waals surface area contributed by atoms with E-state index >= 15 is 0 Å². The lowest BCUT2D eigenvalue weighted by molar-refractivity contribution is -0.143. The van der Waals surface area contributed by atoms with Gasteiger partial charge in [-0.25, -0.2) is 0 Å². The first kappa shape index (κ1) is 83.3. The van der Waals surface area contributed by atoms with Crippen LogP contribution in [0.15, 0.2) is 24.3 Å². The van der Waals surface area contributed by atoms with Gasteiger partial charge in [0.2, 0.25) is 5.91 Å². The van der Waals surface area contributed by atoms with Crippen molar-refractivity contribution in [3.63, 3.8) is 0 Å². The predicted molar refractivity (Wildman–Crippen MR) is 375 cm³/mol. The molecule has 0 saturated heterocycles. The minimum Gasteiger partial charge on any atom is -0.466 e. The molecule has 0 aliphatic heterocycles. The first-order valence-electron chi connectivity index (χ1n) is 39.1. The normalized spacial score (nSPS) is 12.6. The van der Waals surface area contributed by atoms with Gasteiger partial charge in [-0.2, -0.15) is 0 Å². The van der Waals surface area contributed by atoms with Crippen molar-refractivity contribution in [1.82, 2.24) is 5.32 Å². The molecule has 0 heterocycles. The summed E-state index contributed by atoms with van der Waals surface area (Å²) in [5.41, 5.74) is 0. The van der Waals surface area contributed by atoms with E-state index in [1.165, 1.54) is 379 Å². The number of esters is 1. The third-order valence-electron chi connectivity index (χ3n) is 18.5. The molecule has 1 amide bonds. The van der Waals surface area contributed by atoms with Crippen LogP contribution in [0.3, 0.4) is 0 Å². The minimum atomic E-state index is -0.845. The molecule has 3 N–H and O–H groups in total. The van der Waals surface area contributed by atoms with Crippen LogP contribution in [0, 0.1) is 0 Å². The van der Waals surface area contributed by atoms with Crippen molar-refractivity contribution >= 4 is 11.9 Å². The Labute approximate surface area is 532 Å². The van der Waals surface area contributed by atoms with E-state index in [0.29, 0.717) is 19.4 Å². The summed E-state index contributed by atoms with van der Waals surface area (Å²) in [7, 11) is 0. The van der Waals surface area contributed by atoms with E-state index in [9.17, 15) is 19.8 Å². The first-order chi connectivity index (χ1) is 42.0. The molecule has 0 rings (SSSR count). The Kier molecular flexibility index (Phi) is 73.3. The second-order valence-electron chi connectivity index (χ2n) is 27.0. The molecule has 0 radical (unpaired) electrons. The van der Waals surface area contributed by atoms with Crippen LogP contribution in [0.1, 0.15) is 444 Å². The zero-order valence-corrected chi connectivity index (χ0v) is 57.9. The summed E-state index contributed by atoms with van der Waals surface area (Å²) >= 11 is 0. The molecule has 2 unspecified atom stereocenters. The molecule has 6 nitrogen and oxygen atoms in total. The van der Waals surface area contributed by atoms with Crippen LogP contribution in [0.2, 0.25) is 0 Å². The summed E-state index contributed by atoms with van der Waals surface area (Å²) < 4.78 is 5.52. The van der Waals surface area contributed by atoms with Crippen LogP contribution >= 0.6 is 0 Å². The number of hydrogen-bond donors (Lipinski definition) is 3. The molecular formula is C79H153NO5. The fourth-order valence-electron chi connectivity index (χ4n) is 12.5. The molecule has 0 aromatic carbocycles. The SMILES string of the molecule is CCCCCCCC/C=C\CCCCCCCCCCCC(=O)OCCCCCCCCCCCCCCCCCCCCCCCCCCC(=O)NC(CO)C(O)/C=C/CCCCCCCCCCCCCCCCCCCCCCCCC. The third kappa shape index (κ3) is 71.3. The van der Waals surface area contributed by atoms with Gasteiger partial charge >= 0.3 is 5.97 Å². The van der Waals surface area contributed by atoms with Crippen molar-refractivity contribution in [3.05, 3.63) is 24.3 Å². The Morgan fingerprint density at radius 1 is 0.318 bits per heavy atom. The van der Waals surface area contributed by atoms with Crippen LogP contribution in [0.25, 0.3) is 0 Å². The van der Waals surface area contributed by atoms with E-state index in [1.54, 1.807) is 6.08 Å². The summed E-state index contributed by atoms with van der Waals surface area (Å²) in [4.78, 5) is 24.7. The second-order valence-corrected chi connectivity index (χ2v) is 27.0. The molecule has 0 fully saturated rings. The lowest BCUT2D eigenvalue weighted by atomic mass is 10.0. The number of carbonyl (C=O) groups is 2. The van der Waals surface area contributed by atoms with Gasteiger partial charge in [0.1, 0.15) is 0 Å². The Morgan fingerprint density at radius 3 is 0.835 bits per heavy atom. The number of carbonyl (C=O) groups excluding carboxylic acids is 2. The molecular weight excluding hydrogens is 1040 g/mol. The molecule has 6 heteroatoms. The van der Waals surface area contributed by atoms with Crippen molar-refractivity contribution in [2.24, 2.45) is 0 Å². The summed E-state index contributed by atoms with van der Waals surface area (Å²) in [5.74, 6) is -0.0456. The van der Waals surface area contributed by atoms with E-state index < -0.39 is 12.1 Å². The highest BCUT2D eigenvalue weighted by molar-refractivity contribution is 5.76. The molecule has 0 bridgehead atoms. The highest BCUT2D eigenvalue weighted by Crippen LogP contribution is 2.20. The molecule has 0 aliphatic carbocycles. The average molecular weight is 1200 g/mol. The van der Waals surface area contributed by atoms with Crippen LogP contribution in [0.4, 0.5) is 0 Å². The summed E-state index contributed by atoms with van der Waals surface area (Å²) in [6.45, 7) is 4.95. The number of aliphatic hydroxyl groups excluding tert-OH is 2. The molecule has 85 heavy (non-hydrogen) atoms. The molecule has 0 aliphatic rings. The van der Waals surface area contributed by atoms with Gasteiger partial charge in [0.05, 0.1) is 25.4 Å². The van der Waals surface area contributed by atoms with Crippen LogP contribution in [-0.2, 0) is 14.3 Å². The highest BCUT2D eigenvalue weighted by atomic mass is 16.5. The summed E-state index contributed by atoms with van der Waals surface area (Å²) in [5, 5.41) is 23.3. The fourth-order valence-corrected chi connectivity index (χ4v) is 12.5. The van der Waals surface area contributed by atoms with Gasteiger partial charge in [0, 0.05) is 12.8 Å². The molecule has 0 aromatic rings. The molecule has 0 saturated carbocycles. The van der Waals surface area contributed by atoms with Crippen molar-refractivity contribution in [3.8, 4) is 0 Å². The van der Waals surface area contributed by atoms with Crippen molar-refractivity contribution in [1.29, 1.82) is 0 Å². The number of nitrogens with one attached hydrogen (secondary N) is 1. The number of hydrogen-bond acceptors (Lipinski definition) is 5. The number of amides is 1. The van der Waals surface area contributed by atoms with Crippen molar-refractivity contribution in [2.45, 2.75) is 456 Å². The van der Waals surface area contributed by atoms with Gasteiger partial charge in [-0.3, -0.25) is 9.59 Å². The van der Waals surface area contributed by atoms with E-state index in [4.69, 9.17) is 4.74 Å². The monoisotopic (exact) mass is 1200 g/mol. The Bertz CT molecular complexity index is 1330. The van der Waals surface area contributed by atoms with Crippen LogP contribution in [-0.4, -0.2) is 47.4 Å². The smallest absolute Gasteiger partial charge is 0.305 e. The fraction of sp³-hybridized carbons (Fsp3) is 0.924.